The van der Waals surface area contributed by atoms with E-state index in [0.29, 0.717) is 26.1 Å². The second-order valence-electron chi connectivity index (χ2n) is 5.01. The molecule has 0 amide bonds. The van der Waals surface area contributed by atoms with E-state index in [-0.39, 0.29) is 0 Å². The Balaban J connectivity index is 2.13. The normalized spacial score (nSPS) is 12.9. The van der Waals surface area contributed by atoms with E-state index in [9.17, 15) is 5.11 Å². The number of rotatable bonds is 8. The predicted molar refractivity (Wildman–Crippen MR) is 80.8 cm³/mol. The molecule has 2 rings (SSSR count). The van der Waals surface area contributed by atoms with Crippen molar-refractivity contribution in [3.05, 3.63) is 30.1 Å². The van der Waals surface area contributed by atoms with E-state index in [4.69, 9.17) is 4.74 Å². The number of aliphatic hydroxyl groups is 1. The fourth-order valence-electron chi connectivity index (χ4n) is 2.43. The van der Waals surface area contributed by atoms with E-state index >= 15 is 0 Å². The van der Waals surface area contributed by atoms with Gasteiger partial charge >= 0.3 is 0 Å². The van der Waals surface area contributed by atoms with Crippen molar-refractivity contribution in [1.29, 1.82) is 0 Å². The van der Waals surface area contributed by atoms with Crippen LogP contribution in [0.1, 0.15) is 32.5 Å². The van der Waals surface area contributed by atoms with Crippen molar-refractivity contribution in [1.82, 2.24) is 9.55 Å². The Hall–Kier alpha value is -1.39. The lowest BCUT2D eigenvalue weighted by atomic mass is 10.2. The summed E-state index contributed by atoms with van der Waals surface area (Å²) in [5.74, 6) is 0.969. The molecule has 0 saturated heterocycles. The quantitative estimate of drug-likeness (QED) is 0.754. The Kier molecular flexibility index (Phi) is 5.56. The molecule has 0 fully saturated rings. The first-order chi connectivity index (χ1) is 9.76. The van der Waals surface area contributed by atoms with E-state index < -0.39 is 6.10 Å². The molecule has 1 heterocycles. The predicted octanol–water partition coefficient (Wildman–Crippen LogP) is 2.78. The van der Waals surface area contributed by atoms with Crippen LogP contribution in [0.25, 0.3) is 11.0 Å². The van der Waals surface area contributed by atoms with Crippen molar-refractivity contribution < 1.29 is 9.84 Å². The maximum absolute atomic E-state index is 10.1. The second kappa shape index (κ2) is 7.41. The minimum atomic E-state index is -0.394. The van der Waals surface area contributed by atoms with Crippen molar-refractivity contribution in [2.24, 2.45) is 0 Å². The first-order valence-electron chi connectivity index (χ1n) is 7.46. The monoisotopic (exact) mass is 276 g/mol. The third-order valence-corrected chi connectivity index (χ3v) is 3.40. The molecule has 0 radical (unpaired) electrons. The number of benzene rings is 1. The van der Waals surface area contributed by atoms with E-state index in [1.54, 1.807) is 0 Å². The van der Waals surface area contributed by atoms with E-state index in [2.05, 4.69) is 22.5 Å². The summed E-state index contributed by atoms with van der Waals surface area (Å²) in [6.07, 6.45) is 1.90. The lowest BCUT2D eigenvalue weighted by molar-refractivity contribution is 0.0874. The Morgan fingerprint density at radius 2 is 2.10 bits per heavy atom. The van der Waals surface area contributed by atoms with Gasteiger partial charge in [-0.05, 0) is 31.9 Å². The fraction of sp³-hybridized carbons (Fsp3) is 0.562. The molecule has 20 heavy (non-hydrogen) atoms. The molecule has 1 atom stereocenters. The van der Waals surface area contributed by atoms with Crippen molar-refractivity contribution in [3.8, 4) is 0 Å². The number of para-hydroxylation sites is 2. The molecule has 0 aliphatic rings. The Morgan fingerprint density at radius 3 is 2.85 bits per heavy atom. The molecule has 0 saturated carbocycles. The lowest BCUT2D eigenvalue weighted by Crippen LogP contribution is -2.17. The zero-order valence-corrected chi connectivity index (χ0v) is 12.4. The van der Waals surface area contributed by atoms with Crippen LogP contribution < -0.4 is 0 Å². The van der Waals surface area contributed by atoms with Crippen molar-refractivity contribution in [3.63, 3.8) is 0 Å². The molecule has 1 aromatic heterocycles. The average Bonchev–Trinajstić information content (AvgIpc) is 2.78. The summed E-state index contributed by atoms with van der Waals surface area (Å²) >= 11 is 0. The van der Waals surface area contributed by atoms with E-state index in [0.717, 1.165) is 29.8 Å². The van der Waals surface area contributed by atoms with Crippen LogP contribution in [-0.2, 0) is 17.7 Å². The number of hydrogen-bond donors (Lipinski definition) is 1. The largest absolute Gasteiger partial charge is 0.393 e. The van der Waals surface area contributed by atoms with E-state index in [1.807, 2.05) is 25.1 Å². The second-order valence-corrected chi connectivity index (χ2v) is 5.01. The number of ether oxygens (including phenoxy) is 1. The summed E-state index contributed by atoms with van der Waals surface area (Å²) in [6.45, 7) is 6.36. The van der Waals surface area contributed by atoms with Gasteiger partial charge in [-0.15, -0.1) is 0 Å². The minimum Gasteiger partial charge on any atom is -0.393 e. The van der Waals surface area contributed by atoms with Crippen LogP contribution in [0.3, 0.4) is 0 Å². The first-order valence-corrected chi connectivity index (χ1v) is 7.46. The minimum absolute atomic E-state index is 0.394. The number of fused-ring (bicyclic) bond motifs is 1. The fourth-order valence-corrected chi connectivity index (χ4v) is 2.43. The summed E-state index contributed by atoms with van der Waals surface area (Å²) in [5, 5.41) is 10.1. The standard InChI is InChI=1S/C16H24N2O2/c1-3-10-18-15-8-6-5-7-14(15)17-16(18)12-13(19)9-11-20-4-2/h5-8,13,19H,3-4,9-12H2,1-2H3. The highest BCUT2D eigenvalue weighted by molar-refractivity contribution is 5.75. The molecule has 0 aliphatic heterocycles. The molecule has 110 valence electrons. The molecule has 1 unspecified atom stereocenters. The Labute approximate surface area is 120 Å². The van der Waals surface area contributed by atoms with Gasteiger partial charge in [0, 0.05) is 26.2 Å². The van der Waals surface area contributed by atoms with Crippen LogP contribution in [0.4, 0.5) is 0 Å². The van der Waals surface area contributed by atoms with Gasteiger partial charge in [-0.3, -0.25) is 0 Å². The maximum atomic E-state index is 10.1. The molecule has 1 aromatic carbocycles. The molecule has 1 N–H and O–H groups in total. The van der Waals surface area contributed by atoms with Gasteiger partial charge in [-0.2, -0.15) is 0 Å². The highest BCUT2D eigenvalue weighted by Gasteiger charge is 2.14. The molecular formula is C16H24N2O2. The van der Waals surface area contributed by atoms with Gasteiger partial charge in [0.1, 0.15) is 5.82 Å². The molecule has 4 heteroatoms. The summed E-state index contributed by atoms with van der Waals surface area (Å²) in [4.78, 5) is 4.66. The van der Waals surface area contributed by atoms with Crippen molar-refractivity contribution in [2.75, 3.05) is 13.2 Å². The highest BCUT2D eigenvalue weighted by atomic mass is 16.5. The van der Waals surface area contributed by atoms with Crippen LogP contribution in [0.15, 0.2) is 24.3 Å². The summed E-state index contributed by atoms with van der Waals surface area (Å²) in [7, 11) is 0. The maximum Gasteiger partial charge on any atom is 0.112 e. The number of nitrogens with zero attached hydrogens (tertiary/aromatic N) is 2. The molecule has 0 spiro atoms. The summed E-state index contributed by atoms with van der Waals surface area (Å²) < 4.78 is 7.51. The van der Waals surface area contributed by atoms with Crippen LogP contribution in [-0.4, -0.2) is 34.0 Å². The highest BCUT2D eigenvalue weighted by Crippen LogP contribution is 2.18. The molecule has 0 aliphatic carbocycles. The zero-order chi connectivity index (χ0) is 14.4. The lowest BCUT2D eigenvalue weighted by Gasteiger charge is -2.12. The molecule has 2 aromatic rings. The van der Waals surface area contributed by atoms with Crippen LogP contribution in [0.5, 0.6) is 0 Å². The number of imidazole rings is 1. The van der Waals surface area contributed by atoms with Crippen molar-refractivity contribution in [2.45, 2.75) is 45.8 Å². The Bertz CT molecular complexity index is 536. The number of hydrogen-bond acceptors (Lipinski definition) is 3. The molecule has 0 bridgehead atoms. The number of aliphatic hydroxyl groups excluding tert-OH is 1. The van der Waals surface area contributed by atoms with Gasteiger partial charge < -0.3 is 14.4 Å². The smallest absolute Gasteiger partial charge is 0.112 e. The molecular weight excluding hydrogens is 252 g/mol. The topological polar surface area (TPSA) is 47.3 Å². The van der Waals surface area contributed by atoms with Gasteiger partial charge in [0.25, 0.3) is 0 Å². The van der Waals surface area contributed by atoms with Crippen molar-refractivity contribution >= 4 is 11.0 Å². The van der Waals surface area contributed by atoms with Gasteiger partial charge in [-0.25, -0.2) is 4.98 Å². The average molecular weight is 276 g/mol. The SMILES string of the molecule is CCCn1c(CC(O)CCOCC)nc2ccccc21. The third kappa shape index (κ3) is 3.58. The van der Waals surface area contributed by atoms with Gasteiger partial charge in [0.2, 0.25) is 0 Å². The Morgan fingerprint density at radius 1 is 1.30 bits per heavy atom. The van der Waals surface area contributed by atoms with Crippen LogP contribution in [0, 0.1) is 0 Å². The van der Waals surface area contributed by atoms with E-state index in [1.165, 1.54) is 0 Å². The van der Waals surface area contributed by atoms with Crippen LogP contribution >= 0.6 is 0 Å². The van der Waals surface area contributed by atoms with Gasteiger partial charge in [-0.1, -0.05) is 19.1 Å². The number of aryl methyl sites for hydroxylation is 1. The first kappa shape index (κ1) is 15.0. The summed E-state index contributed by atoms with van der Waals surface area (Å²) in [5.41, 5.74) is 2.16. The summed E-state index contributed by atoms with van der Waals surface area (Å²) in [6, 6.07) is 8.15. The van der Waals surface area contributed by atoms with Gasteiger partial charge in [0.05, 0.1) is 17.1 Å². The zero-order valence-electron chi connectivity index (χ0n) is 12.4. The third-order valence-electron chi connectivity index (χ3n) is 3.40. The molecule has 4 nitrogen and oxygen atoms in total. The number of aromatic nitrogens is 2. The van der Waals surface area contributed by atoms with Crippen LogP contribution in [0.2, 0.25) is 0 Å². The van der Waals surface area contributed by atoms with Gasteiger partial charge in [0.15, 0.2) is 0 Å².